The Morgan fingerprint density at radius 3 is 2.64 bits per heavy atom. The van der Waals surface area contributed by atoms with Crippen molar-refractivity contribution in [2.45, 2.75) is 29.1 Å². The number of Topliss-reactive ketones (excluding diaryl/α,β-unsaturated/α-hetero) is 1. The second kappa shape index (κ2) is 7.01. The van der Waals surface area contributed by atoms with Crippen LogP contribution in [0.2, 0.25) is 0 Å². The van der Waals surface area contributed by atoms with E-state index in [1.807, 2.05) is 36.4 Å². The van der Waals surface area contributed by atoms with Gasteiger partial charge in [0.1, 0.15) is 0 Å². The molecule has 0 bridgehead atoms. The molecule has 0 saturated carbocycles. The van der Waals surface area contributed by atoms with Gasteiger partial charge in [-0.15, -0.1) is 0 Å². The number of rotatable bonds is 2. The van der Waals surface area contributed by atoms with Crippen molar-refractivity contribution >= 4 is 23.5 Å². The zero-order valence-electron chi connectivity index (χ0n) is 12.5. The van der Waals surface area contributed by atoms with E-state index in [0.29, 0.717) is 12.0 Å². The second-order valence-electron chi connectivity index (χ2n) is 5.11. The Morgan fingerprint density at radius 2 is 1.91 bits per heavy atom. The first-order chi connectivity index (χ1) is 10.1. The first-order valence-corrected chi connectivity index (χ1v) is 7.51. The summed E-state index contributed by atoms with van der Waals surface area (Å²) in [7, 11) is 0. The van der Waals surface area contributed by atoms with Crippen LogP contribution in [0, 0.1) is 0 Å². The maximum absolute atomic E-state index is 12.3. The van der Waals surface area contributed by atoms with Gasteiger partial charge in [-0.05, 0) is 23.3 Å². The van der Waals surface area contributed by atoms with Crippen LogP contribution in [0.25, 0.3) is 0 Å². The molecule has 0 aliphatic carbocycles. The van der Waals surface area contributed by atoms with Crippen LogP contribution in [-0.2, 0) is 11.2 Å². The van der Waals surface area contributed by atoms with Crippen molar-refractivity contribution in [2.24, 2.45) is 0 Å². The summed E-state index contributed by atoms with van der Waals surface area (Å²) in [6, 6.07) is 13.0. The number of carbonyl (C=O) groups excluding carboxylic acids is 2. The molecule has 106 valence electrons. The maximum Gasteiger partial charge on any atom is 1.00 e. The van der Waals surface area contributed by atoms with E-state index < -0.39 is 11.9 Å². The Labute approximate surface area is 155 Å². The van der Waals surface area contributed by atoms with Crippen molar-refractivity contribution in [3.8, 4) is 0 Å². The van der Waals surface area contributed by atoms with Crippen LogP contribution in [0.5, 0.6) is 0 Å². The SMILES string of the molecule is C[C@H](C(=O)[O-])c1ccc2c(c1)CC(=O)c1ccccc1S2.[Na+]. The first-order valence-electron chi connectivity index (χ1n) is 6.70. The van der Waals surface area contributed by atoms with Crippen molar-refractivity contribution in [1.82, 2.24) is 0 Å². The van der Waals surface area contributed by atoms with Gasteiger partial charge in [0.05, 0.1) is 0 Å². The minimum atomic E-state index is -1.11. The monoisotopic (exact) mass is 320 g/mol. The molecule has 0 radical (unpaired) electrons. The predicted molar refractivity (Wildman–Crippen MR) is 78.5 cm³/mol. The quantitative estimate of drug-likeness (QED) is 0.696. The number of benzene rings is 2. The molecule has 1 aliphatic rings. The standard InChI is InChI=1S/C17H14O3S.Na/c1-10(17(19)20)11-6-7-15-12(8-11)9-14(18)13-4-2-3-5-16(13)21-15;/h2-8,10H,9H2,1H3,(H,19,20);/q;+1/p-1/t10-;/m0./s1. The molecule has 1 atom stereocenters. The average molecular weight is 320 g/mol. The number of aliphatic carboxylic acids is 1. The van der Waals surface area contributed by atoms with Crippen LogP contribution in [0.4, 0.5) is 0 Å². The average Bonchev–Trinajstić information content (AvgIpc) is 2.61. The minimum Gasteiger partial charge on any atom is -0.550 e. The summed E-state index contributed by atoms with van der Waals surface area (Å²) >= 11 is 1.55. The first kappa shape index (κ1) is 17.3. The summed E-state index contributed by atoms with van der Waals surface area (Å²) in [5.74, 6) is -1.72. The number of carboxylic acids is 1. The fourth-order valence-electron chi connectivity index (χ4n) is 2.42. The van der Waals surface area contributed by atoms with E-state index in [-0.39, 0.29) is 35.3 Å². The Hall–Kier alpha value is -1.07. The van der Waals surface area contributed by atoms with Crippen LogP contribution < -0.4 is 34.7 Å². The van der Waals surface area contributed by atoms with Gasteiger partial charge in [-0.1, -0.05) is 49.0 Å². The van der Waals surface area contributed by atoms with E-state index in [4.69, 9.17) is 0 Å². The predicted octanol–water partition coefficient (Wildman–Crippen LogP) is -0.566. The molecule has 1 heterocycles. The van der Waals surface area contributed by atoms with Gasteiger partial charge in [0.25, 0.3) is 0 Å². The zero-order valence-corrected chi connectivity index (χ0v) is 15.3. The van der Waals surface area contributed by atoms with E-state index in [0.717, 1.165) is 20.9 Å². The third-order valence-electron chi connectivity index (χ3n) is 3.70. The van der Waals surface area contributed by atoms with Crippen molar-refractivity contribution in [3.05, 3.63) is 59.2 Å². The van der Waals surface area contributed by atoms with E-state index in [2.05, 4.69) is 0 Å². The summed E-state index contributed by atoms with van der Waals surface area (Å²) in [4.78, 5) is 25.3. The molecule has 5 heteroatoms. The van der Waals surface area contributed by atoms with E-state index in [1.165, 1.54) is 0 Å². The van der Waals surface area contributed by atoms with Gasteiger partial charge in [-0.25, -0.2) is 0 Å². The molecular formula is C17H13NaO3S. The molecule has 2 aromatic carbocycles. The maximum atomic E-state index is 12.3. The molecule has 3 nitrogen and oxygen atoms in total. The summed E-state index contributed by atoms with van der Waals surface area (Å²) in [6.45, 7) is 1.59. The Morgan fingerprint density at radius 1 is 1.18 bits per heavy atom. The van der Waals surface area contributed by atoms with Gasteiger partial charge in [0, 0.05) is 33.7 Å². The van der Waals surface area contributed by atoms with Crippen LogP contribution in [0.15, 0.2) is 52.3 Å². The van der Waals surface area contributed by atoms with E-state index in [9.17, 15) is 14.7 Å². The minimum absolute atomic E-state index is 0. The number of ketones is 1. The topological polar surface area (TPSA) is 57.2 Å². The van der Waals surface area contributed by atoms with Crippen LogP contribution in [-0.4, -0.2) is 11.8 Å². The molecule has 3 rings (SSSR count). The summed E-state index contributed by atoms with van der Waals surface area (Å²) < 4.78 is 0. The molecule has 2 aromatic rings. The van der Waals surface area contributed by atoms with Gasteiger partial charge in [0.2, 0.25) is 0 Å². The molecule has 1 aliphatic heterocycles. The van der Waals surface area contributed by atoms with Gasteiger partial charge >= 0.3 is 29.6 Å². The van der Waals surface area contributed by atoms with E-state index in [1.54, 1.807) is 24.8 Å². The van der Waals surface area contributed by atoms with Crippen molar-refractivity contribution < 1.29 is 44.3 Å². The molecule has 0 spiro atoms. The van der Waals surface area contributed by atoms with Gasteiger partial charge in [-0.3, -0.25) is 4.79 Å². The van der Waals surface area contributed by atoms with Gasteiger partial charge < -0.3 is 9.90 Å². The number of carbonyl (C=O) groups is 2. The number of hydrogen-bond donors (Lipinski definition) is 0. The molecule has 0 N–H and O–H groups in total. The summed E-state index contributed by atoms with van der Waals surface area (Å²) in [5, 5.41) is 11.0. The Kier molecular flexibility index (Phi) is 5.50. The zero-order chi connectivity index (χ0) is 15.0. The molecule has 0 unspecified atom stereocenters. The summed E-state index contributed by atoms with van der Waals surface area (Å²) in [6.07, 6.45) is 0.299. The molecule has 0 aromatic heterocycles. The number of hydrogen-bond acceptors (Lipinski definition) is 4. The Bertz CT molecular complexity index is 742. The number of fused-ring (bicyclic) bond motifs is 2. The number of carboxylic acid groups (broad SMARTS) is 1. The second-order valence-corrected chi connectivity index (χ2v) is 6.19. The fraction of sp³-hybridized carbons (Fsp3) is 0.176. The normalized spacial score (nSPS) is 14.1. The van der Waals surface area contributed by atoms with Gasteiger partial charge in [-0.2, -0.15) is 0 Å². The fourth-order valence-corrected chi connectivity index (χ4v) is 3.49. The van der Waals surface area contributed by atoms with Gasteiger partial charge in [0.15, 0.2) is 5.78 Å². The molecule has 0 saturated heterocycles. The third-order valence-corrected chi connectivity index (χ3v) is 4.89. The molecule has 0 amide bonds. The van der Waals surface area contributed by atoms with Crippen molar-refractivity contribution in [1.29, 1.82) is 0 Å². The smallest absolute Gasteiger partial charge is 0.550 e. The molecular weight excluding hydrogens is 307 g/mol. The van der Waals surface area contributed by atoms with Crippen LogP contribution in [0.3, 0.4) is 0 Å². The van der Waals surface area contributed by atoms with Crippen LogP contribution in [0.1, 0.15) is 34.3 Å². The Balaban J connectivity index is 0.00000176. The molecule has 22 heavy (non-hydrogen) atoms. The largest absolute Gasteiger partial charge is 1.00 e. The summed E-state index contributed by atoms with van der Waals surface area (Å²) in [5.41, 5.74) is 2.29. The molecule has 0 fully saturated rings. The third kappa shape index (κ3) is 3.30. The van der Waals surface area contributed by atoms with Crippen LogP contribution >= 0.6 is 11.8 Å². The van der Waals surface area contributed by atoms with Crippen molar-refractivity contribution in [3.63, 3.8) is 0 Å². The van der Waals surface area contributed by atoms with Crippen molar-refractivity contribution in [2.75, 3.05) is 0 Å². The van der Waals surface area contributed by atoms with E-state index >= 15 is 0 Å².